The number of thioether (sulfide) groups is 1. The molecular weight excluding hydrogens is 1630 g/mol. The van der Waals surface area contributed by atoms with Crippen LogP contribution in [0, 0.1) is 11.8 Å². The fourth-order valence-corrected chi connectivity index (χ4v) is 16.1. The normalized spacial score (nSPS) is 17.2. The molecule has 4 atom stereocenters. The highest BCUT2D eigenvalue weighted by Crippen LogP contribution is 2.40. The van der Waals surface area contributed by atoms with E-state index in [0.717, 1.165) is 68.7 Å². The molecule has 7 rings (SSSR count). The molecule has 4 heterocycles. The average molecular weight is 1770 g/mol. The second-order valence-electron chi connectivity index (χ2n) is 31.4. The standard InChI is InChI=1S/C89H143ClN10O22S/c1-2-3-4-5-6-7-8-9-13-26-82(103)94-78(85(91)106)24-12-10-11-19-73(102)30-44-111-46-48-113-50-52-115-54-56-117-58-60-119-62-64-121-66-65-120-63-61-118-59-57-116-55-53-114-51-49-112-47-45-110-43-18-20-72(101)29-33-100-84(105)69-81(89(100)109)123-67-32-92-83(104)70-97-37-35-96(36-38-97)34-31-93-87(107)74-21-14-15-22-75(74)88(108)99-41-39-98(40-42-99)86-76-68-71(90)27-28-79(76)122-80-25-17-16-23-77(80)95-86/h16-17,23,25,27-28,68,74-75,78,81H,2-15,18-22,24,26,29-67,69-70H2,1H3,(H2,91,106)(H,92,104)(H,93,107)(H,94,103)/t74-,75+,78?,81?/m1/s1. The van der Waals surface area contributed by atoms with E-state index in [2.05, 4.69) is 37.6 Å². The quantitative estimate of drug-likeness (QED) is 0.0360. The van der Waals surface area contributed by atoms with Crippen molar-refractivity contribution in [1.29, 1.82) is 0 Å². The number of ether oxygens (including phenoxy) is 13. The van der Waals surface area contributed by atoms with Crippen molar-refractivity contribution in [3.63, 3.8) is 0 Å². The first-order chi connectivity index (χ1) is 60.2. The Kier molecular flexibility index (Phi) is 55.0. The van der Waals surface area contributed by atoms with E-state index in [9.17, 15) is 43.2 Å². The number of para-hydroxylation sites is 2. The molecule has 5 N–H and O–H groups in total. The Bertz CT molecular complexity index is 3380. The molecule has 0 spiro atoms. The minimum atomic E-state index is -0.672. The van der Waals surface area contributed by atoms with Crippen molar-refractivity contribution in [3.8, 4) is 11.5 Å². The Morgan fingerprint density at radius 2 is 1.02 bits per heavy atom. The minimum Gasteiger partial charge on any atom is -0.454 e. The van der Waals surface area contributed by atoms with Gasteiger partial charge >= 0.3 is 0 Å². The van der Waals surface area contributed by atoms with Crippen LogP contribution in [0.1, 0.15) is 167 Å². The highest BCUT2D eigenvalue weighted by Gasteiger charge is 2.41. The van der Waals surface area contributed by atoms with E-state index in [4.69, 9.17) is 83.9 Å². The van der Waals surface area contributed by atoms with Crippen LogP contribution in [0.4, 0.5) is 5.69 Å². The van der Waals surface area contributed by atoms with Crippen molar-refractivity contribution in [3.05, 3.63) is 53.1 Å². The zero-order valence-electron chi connectivity index (χ0n) is 73.2. The van der Waals surface area contributed by atoms with Crippen molar-refractivity contribution >= 4 is 87.8 Å². The molecule has 3 saturated heterocycles. The lowest BCUT2D eigenvalue weighted by Crippen LogP contribution is -2.54. The number of carbonyl (C=O) groups excluding carboxylic acids is 9. The number of ketones is 2. The molecule has 1 saturated carbocycles. The Morgan fingerprint density at radius 1 is 0.512 bits per heavy atom. The van der Waals surface area contributed by atoms with Crippen molar-refractivity contribution in [2.75, 3.05) is 249 Å². The van der Waals surface area contributed by atoms with Crippen molar-refractivity contribution < 1.29 is 105 Å². The van der Waals surface area contributed by atoms with Gasteiger partial charge < -0.3 is 93.1 Å². The first-order valence-corrected chi connectivity index (χ1v) is 46.8. The third kappa shape index (κ3) is 44.3. The molecule has 4 fully saturated rings. The number of imide groups is 1. The number of amides is 7. The molecule has 1 aliphatic carbocycles. The molecule has 7 amide bonds. The molecular formula is C89H143ClN10O22S. The summed E-state index contributed by atoms with van der Waals surface area (Å²) >= 11 is 7.80. The second-order valence-corrected chi connectivity index (χ2v) is 33.1. The van der Waals surface area contributed by atoms with Gasteiger partial charge in [-0.2, -0.15) is 0 Å². The van der Waals surface area contributed by atoms with Gasteiger partial charge in [-0.15, -0.1) is 11.8 Å². The lowest BCUT2D eigenvalue weighted by Gasteiger charge is -2.40. The summed E-state index contributed by atoms with van der Waals surface area (Å²) in [5, 5.41) is 8.94. The molecule has 694 valence electrons. The lowest BCUT2D eigenvalue weighted by atomic mass is 9.77. The van der Waals surface area contributed by atoms with E-state index in [1.807, 2.05) is 41.3 Å². The summed E-state index contributed by atoms with van der Waals surface area (Å²) in [6.45, 7) is 19.2. The Labute approximate surface area is 738 Å². The van der Waals surface area contributed by atoms with Crippen LogP contribution in [0.2, 0.25) is 5.02 Å². The third-order valence-electron chi connectivity index (χ3n) is 21.9. The number of aliphatic imine (C=N–C) groups is 1. The zero-order valence-corrected chi connectivity index (χ0v) is 74.8. The zero-order chi connectivity index (χ0) is 87.4. The summed E-state index contributed by atoms with van der Waals surface area (Å²) < 4.78 is 72.9. The Morgan fingerprint density at radius 3 is 1.59 bits per heavy atom. The van der Waals surface area contributed by atoms with Crippen molar-refractivity contribution in [1.82, 2.24) is 40.4 Å². The van der Waals surface area contributed by atoms with Crippen molar-refractivity contribution in [2.45, 2.75) is 172 Å². The molecule has 0 aromatic heterocycles. The van der Waals surface area contributed by atoms with Gasteiger partial charge in [-0.25, -0.2) is 4.99 Å². The first kappa shape index (κ1) is 104. The number of hydrogen-bond acceptors (Lipinski definition) is 27. The Hall–Kier alpha value is -6.38. The molecule has 0 radical (unpaired) electrons. The van der Waals surface area contributed by atoms with Gasteiger partial charge in [0.1, 0.15) is 34.9 Å². The van der Waals surface area contributed by atoms with Crippen LogP contribution >= 0.6 is 23.4 Å². The smallest absolute Gasteiger partial charge is 0.242 e. The number of fused-ring (bicyclic) bond motifs is 2. The van der Waals surface area contributed by atoms with E-state index in [1.54, 1.807) is 6.07 Å². The fraction of sp³-hybridized carbons (Fsp3) is 0.753. The molecule has 2 aromatic rings. The topological polar surface area (TPSA) is 364 Å². The number of carbonyl (C=O) groups is 9. The van der Waals surface area contributed by atoms with Gasteiger partial charge in [0.15, 0.2) is 5.75 Å². The van der Waals surface area contributed by atoms with Gasteiger partial charge in [-0.1, -0.05) is 108 Å². The number of nitrogens with one attached hydrogen (secondary N) is 3. The fourth-order valence-electron chi connectivity index (χ4n) is 14.9. The van der Waals surface area contributed by atoms with E-state index in [-0.39, 0.29) is 91.2 Å². The number of benzene rings is 2. The SMILES string of the molecule is CCCCCCCCCCCC(=O)NC(CCCCCC(=O)CCOCCOCCOCCOCCOCCOCCOCCOCCOCCOCCOCCOCCCC(=O)CCN1C(=O)CC(SCCNC(=O)CN2CCN(CCNC(=O)[C@@H]3CCCC[C@@H]3C(=O)N3CCN(C4=Nc5ccccc5Oc5ccc(Cl)cc54)CC3)CC2)C1=O)C(N)=O. The summed E-state index contributed by atoms with van der Waals surface area (Å²) in [6.07, 6.45) is 18.6. The van der Waals surface area contributed by atoms with Crippen LogP contribution in [0.15, 0.2) is 47.5 Å². The van der Waals surface area contributed by atoms with Gasteiger partial charge in [-0.05, 0) is 68.9 Å². The van der Waals surface area contributed by atoms with Gasteiger partial charge in [0.25, 0.3) is 0 Å². The highest BCUT2D eigenvalue weighted by atomic mass is 35.5. The van der Waals surface area contributed by atoms with Crippen LogP contribution in [-0.4, -0.2) is 344 Å². The van der Waals surface area contributed by atoms with Crippen LogP contribution in [-0.2, 0) is 100.0 Å². The number of halogens is 1. The predicted octanol–water partition coefficient (Wildman–Crippen LogP) is 7.92. The first-order valence-electron chi connectivity index (χ1n) is 45.4. The molecule has 123 heavy (non-hydrogen) atoms. The maximum absolute atomic E-state index is 14.2. The number of nitrogens with zero attached hydrogens (tertiary/aromatic N) is 6. The molecule has 4 aliphatic heterocycles. The summed E-state index contributed by atoms with van der Waals surface area (Å²) in [5.41, 5.74) is 7.08. The van der Waals surface area contributed by atoms with Gasteiger partial charge in [0.05, 0.1) is 169 Å². The number of unbranched alkanes of at least 4 members (excludes halogenated alkanes) is 10. The molecule has 2 unspecified atom stereocenters. The molecule has 0 bridgehead atoms. The van der Waals surface area contributed by atoms with E-state index in [0.29, 0.717) is 298 Å². The van der Waals surface area contributed by atoms with Crippen LogP contribution in [0.3, 0.4) is 0 Å². The molecule has 32 nitrogen and oxygen atoms in total. The van der Waals surface area contributed by atoms with Crippen molar-refractivity contribution in [2.24, 2.45) is 22.6 Å². The monoisotopic (exact) mass is 1770 g/mol. The van der Waals surface area contributed by atoms with Crippen LogP contribution in [0.5, 0.6) is 11.5 Å². The van der Waals surface area contributed by atoms with E-state index in [1.165, 1.54) is 55.2 Å². The number of nitrogens with two attached hydrogens (primary N) is 1. The second kappa shape index (κ2) is 65.2. The van der Waals surface area contributed by atoms with Crippen LogP contribution in [0.25, 0.3) is 0 Å². The van der Waals surface area contributed by atoms with Gasteiger partial charge in [-0.3, -0.25) is 57.9 Å². The van der Waals surface area contributed by atoms with E-state index < -0.39 is 17.2 Å². The predicted molar refractivity (Wildman–Crippen MR) is 469 cm³/mol. The molecule has 5 aliphatic rings. The lowest BCUT2D eigenvalue weighted by molar-refractivity contribution is -0.144. The number of Topliss-reactive ketones (excluding diaryl/α,β-unsaturated/α-hetero) is 2. The summed E-state index contributed by atoms with van der Waals surface area (Å²) in [7, 11) is 0. The molecule has 34 heteroatoms. The number of rotatable bonds is 72. The number of hydrogen-bond donors (Lipinski definition) is 4. The largest absolute Gasteiger partial charge is 0.454 e. The summed E-state index contributed by atoms with van der Waals surface area (Å²) in [4.78, 5) is 131. The third-order valence-corrected chi connectivity index (χ3v) is 23.4. The maximum atomic E-state index is 14.2. The minimum absolute atomic E-state index is 0.0441. The number of primary amides is 1. The average Bonchev–Trinajstić information content (AvgIpc) is 1.70. The summed E-state index contributed by atoms with van der Waals surface area (Å²) in [5.74, 6) is 0.535. The number of likely N-dealkylation sites (tertiary alicyclic amines) is 1. The molecule has 2 aromatic carbocycles. The highest BCUT2D eigenvalue weighted by molar-refractivity contribution is 8.00. The Balaban J connectivity index is 0.542. The van der Waals surface area contributed by atoms with E-state index >= 15 is 0 Å². The van der Waals surface area contributed by atoms with Gasteiger partial charge in [0.2, 0.25) is 41.4 Å². The maximum Gasteiger partial charge on any atom is 0.242 e. The van der Waals surface area contributed by atoms with Crippen LogP contribution < -0.4 is 26.4 Å². The number of piperazine rings is 2. The number of amidine groups is 1. The van der Waals surface area contributed by atoms with Gasteiger partial charge in [0, 0.05) is 146 Å². The summed E-state index contributed by atoms with van der Waals surface area (Å²) in [6, 6.07) is 12.5.